The van der Waals surface area contributed by atoms with E-state index in [-0.39, 0.29) is 12.0 Å². The maximum Gasteiger partial charge on any atom is 0.307 e. The van der Waals surface area contributed by atoms with E-state index >= 15 is 0 Å². The Labute approximate surface area is 146 Å². The maximum absolute atomic E-state index is 11.5. The first-order chi connectivity index (χ1) is 12.0. The van der Waals surface area contributed by atoms with Crippen molar-refractivity contribution >= 4 is 5.97 Å². The van der Waals surface area contributed by atoms with E-state index in [0.29, 0.717) is 18.3 Å². The fourth-order valence-corrected chi connectivity index (χ4v) is 3.48. The molecule has 1 unspecified atom stereocenters. The van der Waals surface area contributed by atoms with Gasteiger partial charge in [0, 0.05) is 19.2 Å². The zero-order valence-corrected chi connectivity index (χ0v) is 14.4. The average molecular weight is 341 g/mol. The zero-order chi connectivity index (χ0) is 17.8. The number of rotatable bonds is 6. The maximum atomic E-state index is 11.5. The molecule has 0 saturated carbocycles. The number of carbonyl (C=O) groups is 1. The largest absolute Gasteiger partial charge is 0.481 e. The summed E-state index contributed by atoms with van der Waals surface area (Å²) < 4.78 is 0. The van der Waals surface area contributed by atoms with Crippen LogP contribution in [-0.4, -0.2) is 39.0 Å². The molecular weight excluding hydrogens is 318 g/mol. The lowest BCUT2D eigenvalue weighted by atomic mass is 9.97. The van der Waals surface area contributed by atoms with Gasteiger partial charge in [-0.1, -0.05) is 24.3 Å². The number of hydrogen-bond donors (Lipinski definition) is 2. The Morgan fingerprint density at radius 1 is 1.32 bits per heavy atom. The highest BCUT2D eigenvalue weighted by Crippen LogP contribution is 2.22. The summed E-state index contributed by atoms with van der Waals surface area (Å²) in [6, 6.07) is 9.44. The number of carboxylic acids is 1. The smallest absolute Gasteiger partial charge is 0.307 e. The molecule has 1 saturated heterocycles. The van der Waals surface area contributed by atoms with Crippen LogP contribution in [0.25, 0.3) is 0 Å². The molecule has 2 heterocycles. The first kappa shape index (κ1) is 17.4. The van der Waals surface area contributed by atoms with Crippen molar-refractivity contribution in [3.05, 3.63) is 63.3 Å². The Morgan fingerprint density at radius 3 is 2.72 bits per heavy atom. The van der Waals surface area contributed by atoms with E-state index in [9.17, 15) is 9.59 Å². The van der Waals surface area contributed by atoms with Gasteiger partial charge in [0.25, 0.3) is 5.56 Å². The molecule has 25 heavy (non-hydrogen) atoms. The molecular formula is C19H23N3O3. The second-order valence-corrected chi connectivity index (χ2v) is 6.80. The van der Waals surface area contributed by atoms with Crippen LogP contribution in [0.1, 0.15) is 29.1 Å². The monoisotopic (exact) mass is 341 g/mol. The van der Waals surface area contributed by atoms with Crippen LogP contribution < -0.4 is 5.56 Å². The summed E-state index contributed by atoms with van der Waals surface area (Å²) in [7, 11) is 0. The van der Waals surface area contributed by atoms with Gasteiger partial charge in [-0.25, -0.2) is 4.98 Å². The van der Waals surface area contributed by atoms with Gasteiger partial charge in [0.1, 0.15) is 5.82 Å². The average Bonchev–Trinajstić information content (AvgIpc) is 2.94. The molecule has 2 aromatic rings. The molecule has 1 aromatic heterocycles. The van der Waals surface area contributed by atoms with Gasteiger partial charge in [-0.2, -0.15) is 0 Å². The standard InChI is InChI=1S/C19H23N3O3/c1-13-20-17(10-18(23)21-13)12-22-7-6-16(11-22)8-14-2-4-15(5-3-14)9-19(24)25/h2-5,10,16H,6-9,11-12H2,1H3,(H,24,25)(H,20,21,23). The van der Waals surface area contributed by atoms with Crippen LogP contribution in [0.15, 0.2) is 35.1 Å². The summed E-state index contributed by atoms with van der Waals surface area (Å²) >= 11 is 0. The van der Waals surface area contributed by atoms with Gasteiger partial charge in [-0.15, -0.1) is 0 Å². The highest BCUT2D eigenvalue weighted by atomic mass is 16.4. The SMILES string of the molecule is Cc1nc(CN2CCC(Cc3ccc(CC(=O)O)cc3)C2)cc(=O)[nH]1. The minimum atomic E-state index is -0.803. The zero-order valence-electron chi connectivity index (χ0n) is 14.4. The molecule has 1 aromatic carbocycles. The predicted octanol–water partition coefficient (Wildman–Crippen LogP) is 1.77. The Bertz CT molecular complexity index is 798. The van der Waals surface area contributed by atoms with Crippen molar-refractivity contribution in [3.8, 4) is 0 Å². The summed E-state index contributed by atoms with van der Waals surface area (Å²) in [5.41, 5.74) is 2.80. The van der Waals surface area contributed by atoms with Crippen molar-refractivity contribution in [2.75, 3.05) is 13.1 Å². The first-order valence-electron chi connectivity index (χ1n) is 8.57. The molecule has 6 heteroatoms. The van der Waals surface area contributed by atoms with Crippen LogP contribution >= 0.6 is 0 Å². The number of nitrogens with zero attached hydrogens (tertiary/aromatic N) is 2. The van der Waals surface area contributed by atoms with Crippen LogP contribution in [0.4, 0.5) is 0 Å². The Morgan fingerprint density at radius 2 is 2.04 bits per heavy atom. The van der Waals surface area contributed by atoms with Crippen molar-refractivity contribution in [2.24, 2.45) is 5.92 Å². The quantitative estimate of drug-likeness (QED) is 0.836. The number of benzene rings is 1. The molecule has 0 radical (unpaired) electrons. The second-order valence-electron chi connectivity index (χ2n) is 6.80. The molecule has 1 aliphatic rings. The third-order valence-corrected chi connectivity index (χ3v) is 4.57. The summed E-state index contributed by atoms with van der Waals surface area (Å²) in [4.78, 5) is 31.7. The lowest BCUT2D eigenvalue weighted by Crippen LogP contribution is -2.23. The normalized spacial score (nSPS) is 17.7. The minimum absolute atomic E-state index is 0.0696. The molecule has 0 bridgehead atoms. The van der Waals surface area contributed by atoms with Gasteiger partial charge in [0.15, 0.2) is 0 Å². The fraction of sp³-hybridized carbons (Fsp3) is 0.421. The Kier molecular flexibility index (Phi) is 5.28. The van der Waals surface area contributed by atoms with Gasteiger partial charge >= 0.3 is 5.97 Å². The highest BCUT2D eigenvalue weighted by molar-refractivity contribution is 5.70. The van der Waals surface area contributed by atoms with E-state index in [0.717, 1.165) is 37.2 Å². The minimum Gasteiger partial charge on any atom is -0.481 e. The van der Waals surface area contributed by atoms with Crippen LogP contribution in [0.3, 0.4) is 0 Å². The summed E-state index contributed by atoms with van der Waals surface area (Å²) in [5, 5.41) is 8.82. The van der Waals surface area contributed by atoms with E-state index in [1.165, 1.54) is 5.56 Å². The number of likely N-dealkylation sites (tertiary alicyclic amines) is 1. The van der Waals surface area contributed by atoms with Crippen LogP contribution in [0.5, 0.6) is 0 Å². The van der Waals surface area contributed by atoms with Crippen molar-refractivity contribution in [2.45, 2.75) is 32.7 Å². The third kappa shape index (κ3) is 5.00. The first-order valence-corrected chi connectivity index (χ1v) is 8.57. The van der Waals surface area contributed by atoms with Gasteiger partial charge in [0.05, 0.1) is 12.1 Å². The van der Waals surface area contributed by atoms with Crippen molar-refractivity contribution in [1.29, 1.82) is 0 Å². The number of aromatic amines is 1. The number of aryl methyl sites for hydroxylation is 1. The molecule has 0 aliphatic carbocycles. The van der Waals surface area contributed by atoms with E-state index in [1.807, 2.05) is 24.3 Å². The van der Waals surface area contributed by atoms with Crippen molar-refractivity contribution in [3.63, 3.8) is 0 Å². The number of hydrogen-bond acceptors (Lipinski definition) is 4. The Hall–Kier alpha value is -2.47. The molecule has 1 atom stereocenters. The summed E-state index contributed by atoms with van der Waals surface area (Å²) in [5.74, 6) is 0.427. The van der Waals surface area contributed by atoms with E-state index in [2.05, 4.69) is 14.9 Å². The molecule has 2 N–H and O–H groups in total. The van der Waals surface area contributed by atoms with E-state index in [4.69, 9.17) is 5.11 Å². The molecule has 132 valence electrons. The van der Waals surface area contributed by atoms with Crippen LogP contribution in [-0.2, 0) is 24.2 Å². The number of H-pyrrole nitrogens is 1. The molecule has 6 nitrogen and oxygen atoms in total. The van der Waals surface area contributed by atoms with Gasteiger partial charge in [-0.05, 0) is 43.4 Å². The molecule has 1 fully saturated rings. The number of aromatic nitrogens is 2. The summed E-state index contributed by atoms with van der Waals surface area (Å²) in [6.07, 6.45) is 2.19. The van der Waals surface area contributed by atoms with E-state index < -0.39 is 5.97 Å². The fourth-order valence-electron chi connectivity index (χ4n) is 3.48. The second kappa shape index (κ2) is 7.61. The van der Waals surface area contributed by atoms with Gasteiger partial charge in [0.2, 0.25) is 0 Å². The molecule has 0 spiro atoms. The van der Waals surface area contributed by atoms with E-state index in [1.54, 1.807) is 13.0 Å². The van der Waals surface area contributed by atoms with Crippen LogP contribution in [0, 0.1) is 12.8 Å². The summed E-state index contributed by atoms with van der Waals surface area (Å²) in [6.45, 7) is 4.50. The van der Waals surface area contributed by atoms with Crippen LogP contribution in [0.2, 0.25) is 0 Å². The van der Waals surface area contributed by atoms with Crippen molar-refractivity contribution in [1.82, 2.24) is 14.9 Å². The molecule has 0 amide bonds. The topological polar surface area (TPSA) is 86.3 Å². The molecule has 3 rings (SSSR count). The third-order valence-electron chi connectivity index (χ3n) is 4.57. The predicted molar refractivity (Wildman–Crippen MR) is 94.5 cm³/mol. The van der Waals surface area contributed by atoms with Gasteiger partial charge < -0.3 is 10.1 Å². The Balaban J connectivity index is 1.54. The molecule has 1 aliphatic heterocycles. The van der Waals surface area contributed by atoms with Gasteiger partial charge in [-0.3, -0.25) is 14.5 Å². The number of aliphatic carboxylic acids is 1. The number of nitrogens with one attached hydrogen (secondary N) is 1. The highest BCUT2D eigenvalue weighted by Gasteiger charge is 2.23. The lowest BCUT2D eigenvalue weighted by molar-refractivity contribution is -0.136. The van der Waals surface area contributed by atoms with Crippen molar-refractivity contribution < 1.29 is 9.90 Å². The number of carboxylic acid groups (broad SMARTS) is 1. The lowest BCUT2D eigenvalue weighted by Gasteiger charge is -2.15.